The molecule has 0 aromatic carbocycles. The number of unbranched alkanes of at least 4 members (excludes halogenated alkanes) is 8. The first-order chi connectivity index (χ1) is 14.7. The van der Waals surface area contributed by atoms with Crippen LogP contribution in [0.2, 0.25) is 0 Å². The first kappa shape index (κ1) is 23.6. The third-order valence-corrected chi connectivity index (χ3v) is 4.84. The van der Waals surface area contributed by atoms with Crippen LogP contribution in [-0.2, 0) is 4.79 Å². The molecule has 0 fully saturated rings. The van der Waals surface area contributed by atoms with E-state index in [1.807, 2.05) is 0 Å². The van der Waals surface area contributed by atoms with Crippen molar-refractivity contribution in [3.05, 3.63) is 47.3 Å². The number of hydrogen-bond donors (Lipinski definition) is 1. The summed E-state index contributed by atoms with van der Waals surface area (Å²) in [5.41, 5.74) is 0.0398. The minimum atomic E-state index is -0.358. The maximum atomic E-state index is 12.0. The van der Waals surface area contributed by atoms with Crippen LogP contribution in [0.4, 0.5) is 0 Å². The van der Waals surface area contributed by atoms with Gasteiger partial charge in [0.1, 0.15) is 6.33 Å². The molecule has 0 saturated carbocycles. The van der Waals surface area contributed by atoms with E-state index >= 15 is 0 Å². The number of nitrogens with one attached hydrogen (secondary N) is 1. The van der Waals surface area contributed by atoms with Crippen molar-refractivity contribution in [3.8, 4) is 0 Å². The van der Waals surface area contributed by atoms with Crippen LogP contribution in [0.25, 0.3) is 11.2 Å². The predicted molar refractivity (Wildman–Crippen MR) is 119 cm³/mol. The van der Waals surface area contributed by atoms with Gasteiger partial charge in [-0.25, -0.2) is 14.8 Å². The Morgan fingerprint density at radius 2 is 1.70 bits per heavy atom. The van der Waals surface area contributed by atoms with Crippen molar-refractivity contribution in [2.45, 2.75) is 84.0 Å². The highest BCUT2D eigenvalue weighted by molar-refractivity contribution is 5.72. The molecule has 7 nitrogen and oxygen atoms in total. The van der Waals surface area contributed by atoms with Crippen molar-refractivity contribution in [2.24, 2.45) is 0 Å². The second-order valence-electron chi connectivity index (χ2n) is 7.42. The van der Waals surface area contributed by atoms with E-state index in [1.54, 1.807) is 0 Å². The molecule has 0 radical (unpaired) electrons. The van der Waals surface area contributed by atoms with Crippen LogP contribution in [-0.4, -0.2) is 25.7 Å². The number of hydrogen-bond acceptors (Lipinski definition) is 5. The van der Waals surface area contributed by atoms with Crippen molar-refractivity contribution in [1.82, 2.24) is 19.7 Å². The Morgan fingerprint density at radius 1 is 1.00 bits per heavy atom. The van der Waals surface area contributed by atoms with E-state index in [2.05, 4.69) is 46.2 Å². The minimum Gasteiger partial charge on any atom is -0.333 e. The summed E-state index contributed by atoms with van der Waals surface area (Å²) in [4.78, 5) is 39.1. The standard InChI is InChI=1S/C23H34N4O3/c1-2-3-4-5-6-7-8-9-10-11-12-13-14-15-16-17-20(28)30-27-19-26-21-22(27)24-18-25-23(21)29/h6-7,9-10,18-19H,2-5,8,11-17H2,1H3,(H,24,25,29)/b7-6-,10-9-. The summed E-state index contributed by atoms with van der Waals surface area (Å²) in [5, 5.41) is 0. The van der Waals surface area contributed by atoms with Gasteiger partial charge in [-0.05, 0) is 38.5 Å². The minimum absolute atomic E-state index is 0.155. The molecule has 0 aliphatic rings. The van der Waals surface area contributed by atoms with Gasteiger partial charge in [0.2, 0.25) is 5.65 Å². The number of aromatic amines is 1. The molecule has 164 valence electrons. The van der Waals surface area contributed by atoms with Gasteiger partial charge < -0.3 is 9.82 Å². The van der Waals surface area contributed by atoms with Crippen LogP contribution in [0.3, 0.4) is 0 Å². The van der Waals surface area contributed by atoms with E-state index in [4.69, 9.17) is 4.84 Å². The Hall–Kier alpha value is -2.70. The van der Waals surface area contributed by atoms with Gasteiger partial charge in [-0.3, -0.25) is 4.79 Å². The molecular formula is C23H34N4O3. The zero-order valence-corrected chi connectivity index (χ0v) is 18.0. The summed E-state index contributed by atoms with van der Waals surface area (Å²) in [7, 11) is 0. The lowest BCUT2D eigenvalue weighted by Crippen LogP contribution is -2.19. The van der Waals surface area contributed by atoms with Crippen LogP contribution >= 0.6 is 0 Å². The molecule has 0 bridgehead atoms. The number of fused-ring (bicyclic) bond motifs is 1. The normalized spacial score (nSPS) is 11.8. The highest BCUT2D eigenvalue weighted by Gasteiger charge is 2.11. The lowest BCUT2D eigenvalue weighted by Gasteiger charge is -2.04. The first-order valence-corrected chi connectivity index (χ1v) is 11.1. The van der Waals surface area contributed by atoms with Crippen molar-refractivity contribution in [2.75, 3.05) is 0 Å². The Bertz CT molecular complexity index is 867. The second kappa shape index (κ2) is 14.3. The number of allylic oxidation sites excluding steroid dienone is 4. The highest BCUT2D eigenvalue weighted by atomic mass is 16.7. The molecule has 0 aliphatic carbocycles. The predicted octanol–water partition coefficient (Wildman–Crippen LogP) is 4.89. The van der Waals surface area contributed by atoms with E-state index in [9.17, 15) is 9.59 Å². The summed E-state index contributed by atoms with van der Waals surface area (Å²) in [6, 6.07) is 0. The van der Waals surface area contributed by atoms with Crippen LogP contribution in [0.5, 0.6) is 0 Å². The van der Waals surface area contributed by atoms with Gasteiger partial charge in [0.15, 0.2) is 5.52 Å². The molecule has 2 rings (SSSR count). The molecule has 0 unspecified atom stereocenters. The molecule has 30 heavy (non-hydrogen) atoms. The smallest absolute Gasteiger partial charge is 0.333 e. The number of carbonyl (C=O) groups excluding carboxylic acids is 1. The molecule has 0 amide bonds. The Morgan fingerprint density at radius 3 is 2.47 bits per heavy atom. The molecule has 2 heterocycles. The fraction of sp³-hybridized carbons (Fsp3) is 0.565. The van der Waals surface area contributed by atoms with Crippen molar-refractivity contribution in [3.63, 3.8) is 0 Å². The van der Waals surface area contributed by atoms with Gasteiger partial charge in [0.05, 0.1) is 6.33 Å². The Balaban J connectivity index is 1.48. The third-order valence-electron chi connectivity index (χ3n) is 4.84. The molecule has 0 atom stereocenters. The molecular weight excluding hydrogens is 380 g/mol. The lowest BCUT2D eigenvalue weighted by atomic mass is 10.1. The molecule has 0 aliphatic heterocycles. The van der Waals surface area contributed by atoms with Gasteiger partial charge in [0, 0.05) is 6.42 Å². The second-order valence-corrected chi connectivity index (χ2v) is 7.42. The summed E-state index contributed by atoms with van der Waals surface area (Å²) >= 11 is 0. The van der Waals surface area contributed by atoms with Crippen LogP contribution in [0, 0.1) is 0 Å². The van der Waals surface area contributed by atoms with Gasteiger partial charge in [0.25, 0.3) is 5.56 Å². The van der Waals surface area contributed by atoms with E-state index in [-0.39, 0.29) is 22.7 Å². The average molecular weight is 415 g/mol. The average Bonchev–Trinajstić information content (AvgIpc) is 3.15. The van der Waals surface area contributed by atoms with Crippen molar-refractivity contribution < 1.29 is 9.63 Å². The first-order valence-electron chi connectivity index (χ1n) is 11.1. The van der Waals surface area contributed by atoms with Gasteiger partial charge >= 0.3 is 5.97 Å². The van der Waals surface area contributed by atoms with Crippen LogP contribution in [0.15, 0.2) is 41.8 Å². The van der Waals surface area contributed by atoms with E-state index in [1.165, 1.54) is 51.2 Å². The molecule has 0 spiro atoms. The van der Waals surface area contributed by atoms with E-state index < -0.39 is 0 Å². The topological polar surface area (TPSA) is 89.9 Å². The fourth-order valence-electron chi connectivity index (χ4n) is 3.13. The van der Waals surface area contributed by atoms with Crippen molar-refractivity contribution in [1.29, 1.82) is 0 Å². The summed E-state index contributed by atoms with van der Waals surface area (Å²) in [5.74, 6) is -0.345. The number of carbonyl (C=O) groups is 1. The monoisotopic (exact) mass is 414 g/mol. The third kappa shape index (κ3) is 8.76. The summed E-state index contributed by atoms with van der Waals surface area (Å²) < 4.78 is 1.15. The maximum absolute atomic E-state index is 12.0. The number of imidazole rings is 1. The van der Waals surface area contributed by atoms with E-state index in [0.717, 1.165) is 36.8 Å². The fourth-order valence-corrected chi connectivity index (χ4v) is 3.13. The quantitative estimate of drug-likeness (QED) is 0.331. The molecule has 7 heteroatoms. The Kier molecular flexibility index (Phi) is 11.2. The van der Waals surface area contributed by atoms with Crippen LogP contribution < -0.4 is 10.4 Å². The zero-order chi connectivity index (χ0) is 21.4. The molecule has 0 saturated heterocycles. The number of rotatable bonds is 15. The van der Waals surface area contributed by atoms with E-state index in [0.29, 0.717) is 6.42 Å². The van der Waals surface area contributed by atoms with Gasteiger partial charge in [-0.15, -0.1) is 4.73 Å². The maximum Gasteiger partial charge on any atom is 0.333 e. The van der Waals surface area contributed by atoms with Gasteiger partial charge in [-0.1, -0.05) is 63.3 Å². The molecule has 1 N–H and O–H groups in total. The zero-order valence-electron chi connectivity index (χ0n) is 18.0. The largest absolute Gasteiger partial charge is 0.333 e. The molecule has 2 aromatic rings. The number of aromatic nitrogens is 4. The summed E-state index contributed by atoms with van der Waals surface area (Å²) in [6.45, 7) is 2.23. The summed E-state index contributed by atoms with van der Waals surface area (Å²) in [6.07, 6.45) is 24.5. The lowest BCUT2D eigenvalue weighted by molar-refractivity contribution is -0.143. The van der Waals surface area contributed by atoms with Gasteiger partial charge in [-0.2, -0.15) is 0 Å². The number of H-pyrrole nitrogens is 1. The van der Waals surface area contributed by atoms with Crippen LogP contribution in [0.1, 0.15) is 84.0 Å². The molecule has 2 aromatic heterocycles. The Labute approximate surface area is 178 Å². The number of nitrogens with zero attached hydrogens (tertiary/aromatic N) is 3. The SMILES string of the molecule is CCCCC/C=C\C/C=C\CCCCCCCC(=O)On1cnc2c(=O)[nH]cnc21. The highest BCUT2D eigenvalue weighted by Crippen LogP contribution is 2.09. The van der Waals surface area contributed by atoms with Crippen molar-refractivity contribution >= 4 is 17.1 Å².